The van der Waals surface area contributed by atoms with Crippen molar-refractivity contribution in [1.29, 1.82) is 0 Å². The maximum Gasteiger partial charge on any atom is 0.253 e. The number of benzene rings is 2. The van der Waals surface area contributed by atoms with Crippen LogP contribution >= 0.6 is 0 Å². The average Bonchev–Trinajstić information content (AvgIpc) is 3.47. The van der Waals surface area contributed by atoms with Crippen molar-refractivity contribution in [2.24, 2.45) is 0 Å². The van der Waals surface area contributed by atoms with Gasteiger partial charge in [-0.25, -0.2) is 0 Å². The molecule has 0 bridgehead atoms. The summed E-state index contributed by atoms with van der Waals surface area (Å²) in [5.74, 6) is 1.44. The van der Waals surface area contributed by atoms with Crippen LogP contribution in [-0.4, -0.2) is 39.2 Å². The van der Waals surface area contributed by atoms with Crippen LogP contribution in [0.25, 0.3) is 22.2 Å². The van der Waals surface area contributed by atoms with Crippen LogP contribution in [0.2, 0.25) is 0 Å². The van der Waals surface area contributed by atoms with Gasteiger partial charge in [-0.2, -0.15) is 4.98 Å². The topological polar surface area (TPSA) is 85.3 Å². The molecule has 7 heteroatoms. The molecule has 1 amide bonds. The molecule has 2 aromatic carbocycles. The summed E-state index contributed by atoms with van der Waals surface area (Å²) in [6, 6.07) is 15.2. The van der Waals surface area contributed by atoms with Crippen molar-refractivity contribution in [3.63, 3.8) is 0 Å². The molecule has 134 valence electrons. The molecule has 1 saturated heterocycles. The van der Waals surface area contributed by atoms with Crippen molar-refractivity contribution in [1.82, 2.24) is 20.2 Å². The number of hydrogen-bond acceptors (Lipinski definition) is 6. The summed E-state index contributed by atoms with van der Waals surface area (Å²) in [6.45, 7) is 1.26. The molecule has 1 fully saturated rings. The molecular weight excluding hydrogens is 344 g/mol. The highest BCUT2D eigenvalue weighted by Gasteiger charge is 2.30. The summed E-state index contributed by atoms with van der Waals surface area (Å²) in [5, 5.41) is 8.85. The summed E-state index contributed by atoms with van der Waals surface area (Å²) in [4.78, 5) is 18.9. The monoisotopic (exact) mass is 360 g/mol. The van der Waals surface area contributed by atoms with E-state index in [1.807, 2.05) is 47.4 Å². The molecule has 1 aliphatic heterocycles. The van der Waals surface area contributed by atoms with E-state index in [4.69, 9.17) is 9.05 Å². The van der Waals surface area contributed by atoms with Crippen LogP contribution in [0.1, 0.15) is 28.5 Å². The molecule has 0 saturated carbocycles. The summed E-state index contributed by atoms with van der Waals surface area (Å²) < 4.78 is 10.3. The van der Waals surface area contributed by atoms with E-state index in [2.05, 4.69) is 15.3 Å². The van der Waals surface area contributed by atoms with Gasteiger partial charge in [0.05, 0.1) is 5.39 Å². The molecule has 5 rings (SSSR count). The molecule has 0 N–H and O–H groups in total. The second-order valence-electron chi connectivity index (χ2n) is 6.64. The number of hydrogen-bond donors (Lipinski definition) is 0. The minimum absolute atomic E-state index is 0.0110. The smallest absolute Gasteiger partial charge is 0.253 e. The van der Waals surface area contributed by atoms with E-state index in [9.17, 15) is 4.79 Å². The van der Waals surface area contributed by atoms with Crippen LogP contribution < -0.4 is 0 Å². The molecule has 0 spiro atoms. The third-order valence-corrected chi connectivity index (χ3v) is 4.98. The largest absolute Gasteiger partial charge is 0.355 e. The lowest BCUT2D eigenvalue weighted by molar-refractivity contribution is 0.0790. The van der Waals surface area contributed by atoms with Gasteiger partial charge in [-0.1, -0.05) is 40.6 Å². The van der Waals surface area contributed by atoms with Gasteiger partial charge in [0.15, 0.2) is 11.6 Å². The third-order valence-electron chi connectivity index (χ3n) is 4.98. The number of aromatic nitrogens is 3. The Morgan fingerprint density at radius 3 is 2.81 bits per heavy atom. The molecule has 7 nitrogen and oxygen atoms in total. The fourth-order valence-electron chi connectivity index (χ4n) is 3.57. The number of carbonyl (C=O) groups excluding carboxylic acids is 1. The lowest BCUT2D eigenvalue weighted by atomic mass is 10.1. The van der Waals surface area contributed by atoms with Gasteiger partial charge in [0, 0.05) is 30.1 Å². The van der Waals surface area contributed by atoms with Crippen LogP contribution in [0.3, 0.4) is 0 Å². The molecule has 27 heavy (non-hydrogen) atoms. The summed E-state index contributed by atoms with van der Waals surface area (Å²) in [7, 11) is 0. The van der Waals surface area contributed by atoms with E-state index in [0.717, 1.165) is 22.9 Å². The molecule has 3 heterocycles. The zero-order valence-corrected chi connectivity index (χ0v) is 14.4. The van der Waals surface area contributed by atoms with E-state index in [0.29, 0.717) is 30.2 Å². The van der Waals surface area contributed by atoms with Gasteiger partial charge in [0.1, 0.15) is 5.52 Å². The third kappa shape index (κ3) is 2.77. The van der Waals surface area contributed by atoms with Crippen molar-refractivity contribution < 1.29 is 13.8 Å². The molecule has 4 aromatic rings. The first kappa shape index (κ1) is 15.7. The van der Waals surface area contributed by atoms with Gasteiger partial charge in [-0.3, -0.25) is 4.79 Å². The number of nitrogens with zero attached hydrogens (tertiary/aromatic N) is 4. The van der Waals surface area contributed by atoms with Crippen molar-refractivity contribution >= 4 is 16.8 Å². The van der Waals surface area contributed by atoms with E-state index in [1.165, 1.54) is 6.39 Å². The zero-order valence-electron chi connectivity index (χ0n) is 14.4. The molecule has 2 aromatic heterocycles. The normalized spacial score (nSPS) is 16.9. The Labute approximate surface area is 154 Å². The highest BCUT2D eigenvalue weighted by molar-refractivity contribution is 6.01. The number of rotatable bonds is 3. The highest BCUT2D eigenvalue weighted by atomic mass is 16.5. The fourth-order valence-corrected chi connectivity index (χ4v) is 3.57. The average molecular weight is 360 g/mol. The standard InChI is InChI=1S/C20H16N4O3/c25-20(24-9-8-15(11-24)19-21-12-26-23-19)14-6-7-17-16(10-14)18(27-22-17)13-4-2-1-3-5-13/h1-7,10,12,15H,8-9,11H2/t15-/m0/s1. The van der Waals surface area contributed by atoms with E-state index >= 15 is 0 Å². The number of amides is 1. The molecule has 0 aliphatic carbocycles. The minimum atomic E-state index is -0.0110. The first-order chi connectivity index (χ1) is 13.3. The van der Waals surface area contributed by atoms with Gasteiger partial charge in [0.25, 0.3) is 5.91 Å². The Morgan fingerprint density at radius 1 is 1.11 bits per heavy atom. The first-order valence-electron chi connectivity index (χ1n) is 8.80. The second kappa shape index (κ2) is 6.35. The second-order valence-corrected chi connectivity index (χ2v) is 6.64. The Bertz CT molecular complexity index is 1090. The van der Waals surface area contributed by atoms with E-state index in [1.54, 1.807) is 6.07 Å². The van der Waals surface area contributed by atoms with Gasteiger partial charge in [0.2, 0.25) is 6.39 Å². The molecule has 1 atom stereocenters. The zero-order chi connectivity index (χ0) is 18.2. The summed E-state index contributed by atoms with van der Waals surface area (Å²) in [6.07, 6.45) is 2.15. The quantitative estimate of drug-likeness (QED) is 0.556. The van der Waals surface area contributed by atoms with Gasteiger partial charge >= 0.3 is 0 Å². The van der Waals surface area contributed by atoms with Crippen molar-refractivity contribution in [2.75, 3.05) is 13.1 Å². The van der Waals surface area contributed by atoms with Crippen LogP contribution in [0, 0.1) is 0 Å². The number of likely N-dealkylation sites (tertiary alicyclic amines) is 1. The highest BCUT2D eigenvalue weighted by Crippen LogP contribution is 2.31. The number of carbonyl (C=O) groups is 1. The van der Waals surface area contributed by atoms with Crippen LogP contribution in [-0.2, 0) is 0 Å². The molecule has 0 unspecified atom stereocenters. The predicted octanol–water partition coefficient (Wildman–Crippen LogP) is 3.51. The first-order valence-corrected chi connectivity index (χ1v) is 8.80. The Morgan fingerprint density at radius 2 is 2.00 bits per heavy atom. The van der Waals surface area contributed by atoms with E-state index < -0.39 is 0 Å². The SMILES string of the molecule is O=C(c1ccc2noc(-c3ccccc3)c2c1)N1CC[C@H](c2ncon2)C1. The van der Waals surface area contributed by atoms with Gasteiger partial charge < -0.3 is 13.9 Å². The lowest BCUT2D eigenvalue weighted by Crippen LogP contribution is -2.28. The Balaban J connectivity index is 1.44. The van der Waals surface area contributed by atoms with Gasteiger partial charge in [-0.05, 0) is 24.6 Å². The molecule has 0 radical (unpaired) electrons. The van der Waals surface area contributed by atoms with Crippen LogP contribution in [0.5, 0.6) is 0 Å². The lowest BCUT2D eigenvalue weighted by Gasteiger charge is -2.16. The van der Waals surface area contributed by atoms with E-state index in [-0.39, 0.29) is 11.8 Å². The fraction of sp³-hybridized carbons (Fsp3) is 0.200. The predicted molar refractivity (Wildman–Crippen MR) is 97.0 cm³/mol. The molecular formula is C20H16N4O3. The summed E-state index contributed by atoms with van der Waals surface area (Å²) >= 11 is 0. The number of fused-ring (bicyclic) bond motifs is 1. The minimum Gasteiger partial charge on any atom is -0.355 e. The van der Waals surface area contributed by atoms with Crippen molar-refractivity contribution in [3.05, 3.63) is 66.3 Å². The summed E-state index contributed by atoms with van der Waals surface area (Å²) in [5.41, 5.74) is 2.29. The van der Waals surface area contributed by atoms with Crippen LogP contribution in [0.15, 0.2) is 64.0 Å². The Hall–Kier alpha value is -3.48. The maximum absolute atomic E-state index is 13.0. The Kier molecular flexibility index (Phi) is 3.71. The van der Waals surface area contributed by atoms with Crippen LogP contribution in [0.4, 0.5) is 0 Å². The van der Waals surface area contributed by atoms with Crippen molar-refractivity contribution in [2.45, 2.75) is 12.3 Å². The molecule has 1 aliphatic rings. The maximum atomic E-state index is 13.0. The van der Waals surface area contributed by atoms with Gasteiger partial charge in [-0.15, -0.1) is 0 Å². The van der Waals surface area contributed by atoms with Crippen molar-refractivity contribution in [3.8, 4) is 11.3 Å².